The maximum absolute atomic E-state index is 12.6. The van der Waals surface area contributed by atoms with Gasteiger partial charge in [-0.05, 0) is 57.9 Å². The summed E-state index contributed by atoms with van der Waals surface area (Å²) in [6.45, 7) is 13.0. The first-order valence-corrected chi connectivity index (χ1v) is 12.8. The molecule has 0 aromatic heterocycles. The van der Waals surface area contributed by atoms with Gasteiger partial charge in [0.1, 0.15) is 6.10 Å². The first kappa shape index (κ1) is 31.9. The number of hydrogen-bond acceptors (Lipinski definition) is 8. The molecule has 0 aliphatic carbocycles. The van der Waals surface area contributed by atoms with Gasteiger partial charge in [0.2, 0.25) is 0 Å². The summed E-state index contributed by atoms with van der Waals surface area (Å²) in [5, 5.41) is 0. The van der Waals surface area contributed by atoms with Crippen molar-refractivity contribution in [2.45, 2.75) is 79.9 Å². The van der Waals surface area contributed by atoms with Crippen LogP contribution in [0.4, 0.5) is 0 Å². The van der Waals surface area contributed by atoms with E-state index in [1.165, 1.54) is 31.6 Å². The van der Waals surface area contributed by atoms with E-state index < -0.39 is 30.1 Å². The lowest BCUT2D eigenvalue weighted by atomic mass is 9.86. The molecule has 0 spiro atoms. The molecule has 0 saturated heterocycles. The lowest BCUT2D eigenvalue weighted by Gasteiger charge is -2.32. The van der Waals surface area contributed by atoms with Crippen molar-refractivity contribution in [2.75, 3.05) is 13.2 Å². The predicted octanol–water partition coefficient (Wildman–Crippen LogP) is 5.03. The van der Waals surface area contributed by atoms with Crippen LogP contribution in [-0.2, 0) is 38.1 Å². The molecule has 8 heteroatoms. The third-order valence-electron chi connectivity index (χ3n) is 6.02. The molecule has 0 radical (unpaired) electrons. The third-order valence-corrected chi connectivity index (χ3v) is 6.02. The molecule has 0 aromatic carbocycles. The summed E-state index contributed by atoms with van der Waals surface area (Å²) < 4.78 is 21.2. The lowest BCUT2D eigenvalue weighted by molar-refractivity contribution is -0.164. The van der Waals surface area contributed by atoms with E-state index in [1.807, 2.05) is 19.9 Å². The highest BCUT2D eigenvalue weighted by molar-refractivity contribution is 5.85. The number of hydrogen-bond donors (Lipinski definition) is 0. The van der Waals surface area contributed by atoms with Gasteiger partial charge in [0.05, 0.1) is 13.2 Å². The molecule has 0 N–H and O–H groups in total. The van der Waals surface area contributed by atoms with Gasteiger partial charge in [0, 0.05) is 31.9 Å². The van der Waals surface area contributed by atoms with Crippen LogP contribution in [0.1, 0.15) is 67.7 Å². The van der Waals surface area contributed by atoms with E-state index in [0.29, 0.717) is 12.3 Å². The van der Waals surface area contributed by atoms with Gasteiger partial charge in [0.15, 0.2) is 6.10 Å². The summed E-state index contributed by atoms with van der Waals surface area (Å²) in [7, 11) is 0. The highest BCUT2D eigenvalue weighted by atomic mass is 16.6. The van der Waals surface area contributed by atoms with E-state index in [1.54, 1.807) is 19.1 Å². The van der Waals surface area contributed by atoms with Gasteiger partial charge in [-0.1, -0.05) is 43.2 Å². The normalized spacial score (nSPS) is 20.7. The van der Waals surface area contributed by atoms with Crippen LogP contribution < -0.4 is 0 Å². The van der Waals surface area contributed by atoms with Gasteiger partial charge >= 0.3 is 23.9 Å². The van der Waals surface area contributed by atoms with Crippen molar-refractivity contribution in [3.63, 3.8) is 0 Å². The fourth-order valence-electron chi connectivity index (χ4n) is 4.18. The molecule has 0 fully saturated rings. The van der Waals surface area contributed by atoms with E-state index in [2.05, 4.69) is 19.9 Å². The highest BCUT2D eigenvalue weighted by Crippen LogP contribution is 2.28. The van der Waals surface area contributed by atoms with Crippen molar-refractivity contribution in [1.82, 2.24) is 0 Å². The first-order valence-electron chi connectivity index (χ1n) is 12.8. The Labute approximate surface area is 220 Å². The lowest BCUT2D eigenvalue weighted by Crippen LogP contribution is -2.41. The standard InChI is InChI=1S/C29H42O8/c1-8-19(2)15-21(4)16-22(5)29-26(10-12-28(33)37-29)36-27(32)11-9-20(3)17-25(18-35-24(7)31)13-14-34-23(6)30/h8-12,17,21-22,25-26,29H,13-16,18H2,1-7H3/b11-9+,19-8+,20-17+/t21-,22-,25-,26+,29+/m0/s1. The van der Waals surface area contributed by atoms with E-state index in [0.717, 1.165) is 18.4 Å². The Hall–Kier alpha value is -3.16. The van der Waals surface area contributed by atoms with E-state index in [9.17, 15) is 19.2 Å². The molecule has 206 valence electrons. The number of carbonyl (C=O) groups excluding carboxylic acids is 4. The predicted molar refractivity (Wildman–Crippen MR) is 140 cm³/mol. The van der Waals surface area contributed by atoms with Crippen LogP contribution in [0.2, 0.25) is 0 Å². The second-order valence-electron chi connectivity index (χ2n) is 9.75. The van der Waals surface area contributed by atoms with Crippen molar-refractivity contribution < 1.29 is 38.1 Å². The van der Waals surface area contributed by atoms with E-state index in [-0.39, 0.29) is 31.0 Å². The maximum atomic E-state index is 12.6. The number of allylic oxidation sites excluding steroid dienone is 4. The average Bonchev–Trinajstić information content (AvgIpc) is 2.81. The number of esters is 4. The van der Waals surface area contributed by atoms with E-state index >= 15 is 0 Å². The van der Waals surface area contributed by atoms with Gasteiger partial charge in [-0.25, -0.2) is 9.59 Å². The number of rotatable bonds is 14. The fraction of sp³-hybridized carbons (Fsp3) is 0.586. The Bertz CT molecular complexity index is 911. The Morgan fingerprint density at radius 2 is 1.73 bits per heavy atom. The fourth-order valence-corrected chi connectivity index (χ4v) is 4.18. The van der Waals surface area contributed by atoms with Crippen LogP contribution in [0.25, 0.3) is 0 Å². The largest absolute Gasteiger partial charge is 0.466 e. The average molecular weight is 519 g/mol. The van der Waals surface area contributed by atoms with Crippen LogP contribution in [0.3, 0.4) is 0 Å². The zero-order chi connectivity index (χ0) is 28.0. The van der Waals surface area contributed by atoms with Gasteiger partial charge in [-0.15, -0.1) is 0 Å². The minimum Gasteiger partial charge on any atom is -0.466 e. The van der Waals surface area contributed by atoms with Crippen LogP contribution in [0.15, 0.2) is 47.6 Å². The molecule has 0 saturated carbocycles. The molecule has 1 aliphatic rings. The Morgan fingerprint density at radius 1 is 1.05 bits per heavy atom. The number of carbonyl (C=O) groups is 4. The first-order chi connectivity index (χ1) is 17.4. The molecule has 1 aliphatic heterocycles. The molecular formula is C29H42O8. The SMILES string of the molecule is C/C=C(\C)C[C@H](C)C[C@H](C)[C@H]1OC(=O)C=C[C@H]1OC(=O)/C=C/C(C)=C/[C@H](CCOC(C)=O)COC(C)=O. The smallest absolute Gasteiger partial charge is 0.331 e. The van der Waals surface area contributed by atoms with Crippen molar-refractivity contribution in [1.29, 1.82) is 0 Å². The van der Waals surface area contributed by atoms with Crippen molar-refractivity contribution in [3.05, 3.63) is 47.6 Å². The Kier molecular flexibility index (Phi) is 14.3. The highest BCUT2D eigenvalue weighted by Gasteiger charge is 2.34. The van der Waals surface area contributed by atoms with Gasteiger partial charge < -0.3 is 18.9 Å². The summed E-state index contributed by atoms with van der Waals surface area (Å²) in [6, 6.07) is 0. The molecule has 8 nitrogen and oxygen atoms in total. The molecule has 0 bridgehead atoms. The van der Waals surface area contributed by atoms with Crippen LogP contribution in [-0.4, -0.2) is 49.3 Å². The molecule has 5 atom stereocenters. The summed E-state index contributed by atoms with van der Waals surface area (Å²) in [4.78, 5) is 46.7. The summed E-state index contributed by atoms with van der Waals surface area (Å²) in [5.74, 6) is -1.60. The minimum atomic E-state index is -0.676. The van der Waals surface area contributed by atoms with Crippen molar-refractivity contribution >= 4 is 23.9 Å². The molecule has 1 rings (SSSR count). The topological polar surface area (TPSA) is 105 Å². The monoisotopic (exact) mass is 518 g/mol. The molecule has 1 heterocycles. The van der Waals surface area contributed by atoms with Gasteiger partial charge in [-0.3, -0.25) is 9.59 Å². The maximum Gasteiger partial charge on any atom is 0.331 e. The Morgan fingerprint density at radius 3 is 2.35 bits per heavy atom. The molecule has 0 aromatic rings. The summed E-state index contributed by atoms with van der Waals surface area (Å²) in [5.41, 5.74) is 2.05. The van der Waals surface area contributed by atoms with Crippen LogP contribution >= 0.6 is 0 Å². The number of ether oxygens (including phenoxy) is 4. The molecule has 0 unspecified atom stereocenters. The zero-order valence-corrected chi connectivity index (χ0v) is 23.2. The zero-order valence-electron chi connectivity index (χ0n) is 23.2. The van der Waals surface area contributed by atoms with Crippen LogP contribution in [0.5, 0.6) is 0 Å². The quantitative estimate of drug-likeness (QED) is 0.104. The molecule has 37 heavy (non-hydrogen) atoms. The second-order valence-corrected chi connectivity index (χ2v) is 9.75. The summed E-state index contributed by atoms with van der Waals surface area (Å²) >= 11 is 0. The molecule has 0 amide bonds. The third kappa shape index (κ3) is 13.6. The second kappa shape index (κ2) is 16.6. The Balaban J connectivity index is 2.81. The number of cyclic esters (lactones) is 1. The van der Waals surface area contributed by atoms with Gasteiger partial charge in [-0.2, -0.15) is 0 Å². The van der Waals surface area contributed by atoms with Gasteiger partial charge in [0.25, 0.3) is 0 Å². The molecular weight excluding hydrogens is 476 g/mol. The minimum absolute atomic E-state index is 0.00350. The van der Waals surface area contributed by atoms with Crippen LogP contribution in [0, 0.1) is 17.8 Å². The van der Waals surface area contributed by atoms with Crippen molar-refractivity contribution in [3.8, 4) is 0 Å². The summed E-state index contributed by atoms with van der Waals surface area (Å²) in [6.07, 6.45) is 10.7. The van der Waals surface area contributed by atoms with E-state index in [4.69, 9.17) is 18.9 Å². The van der Waals surface area contributed by atoms with Crippen molar-refractivity contribution in [2.24, 2.45) is 17.8 Å².